The van der Waals surface area contributed by atoms with E-state index in [1.165, 1.54) is 0 Å². The van der Waals surface area contributed by atoms with Crippen molar-refractivity contribution in [3.8, 4) is 0 Å². The molecule has 0 amide bonds. The number of sulfonamides is 1. The van der Waals surface area contributed by atoms with Gasteiger partial charge in [-0.15, -0.1) is 0 Å². The number of hydrogen-bond donors (Lipinski definition) is 1. The molecule has 0 aliphatic rings. The third-order valence-corrected chi connectivity index (χ3v) is 4.21. The van der Waals surface area contributed by atoms with E-state index in [2.05, 4.69) is 27.3 Å². The number of benzene rings is 1. The lowest BCUT2D eigenvalue weighted by Crippen LogP contribution is -2.22. The van der Waals surface area contributed by atoms with Gasteiger partial charge in [-0.2, -0.15) is 0 Å². The van der Waals surface area contributed by atoms with Crippen LogP contribution in [0.1, 0.15) is 13.8 Å². The van der Waals surface area contributed by atoms with Crippen LogP contribution in [-0.4, -0.2) is 13.7 Å². The Bertz CT molecular complexity index is 397. The fourth-order valence-electron chi connectivity index (χ4n) is 0.800. The summed E-state index contributed by atoms with van der Waals surface area (Å²) < 4.78 is 26.5. The van der Waals surface area contributed by atoms with Gasteiger partial charge in [-0.25, -0.2) is 8.42 Å². The first kappa shape index (κ1) is 11.8. The van der Waals surface area contributed by atoms with Gasteiger partial charge in [0.1, 0.15) is 0 Å². The quantitative estimate of drug-likeness (QED) is 0.868. The molecule has 14 heavy (non-hydrogen) atoms. The van der Waals surface area contributed by atoms with Crippen LogP contribution in [0.25, 0.3) is 0 Å². The highest BCUT2D eigenvalue weighted by molar-refractivity contribution is 14.1. The molecule has 1 N–H and O–H groups in total. The maximum absolute atomic E-state index is 11.5. The minimum Gasteiger partial charge on any atom is -0.283 e. The summed E-state index contributed by atoms with van der Waals surface area (Å²) in [5.41, 5.74) is 0.610. The number of hydrogen-bond acceptors (Lipinski definition) is 2. The van der Waals surface area contributed by atoms with Crippen LogP contribution in [0.3, 0.4) is 0 Å². The minimum absolute atomic E-state index is 0.415. The normalized spacial score (nSPS) is 11.7. The Hall–Kier alpha value is -0.300. The Kier molecular flexibility index (Phi) is 3.77. The van der Waals surface area contributed by atoms with Crippen LogP contribution in [0.4, 0.5) is 5.69 Å². The fourth-order valence-corrected chi connectivity index (χ4v) is 1.86. The Morgan fingerprint density at radius 1 is 1.21 bits per heavy atom. The zero-order valence-electron chi connectivity index (χ0n) is 7.99. The first-order valence-corrected chi connectivity index (χ1v) is 6.81. The highest BCUT2D eigenvalue weighted by Crippen LogP contribution is 2.14. The van der Waals surface area contributed by atoms with E-state index in [0.717, 1.165) is 3.57 Å². The number of rotatable bonds is 3. The van der Waals surface area contributed by atoms with Gasteiger partial charge in [0.05, 0.1) is 5.25 Å². The van der Waals surface area contributed by atoms with Crippen LogP contribution >= 0.6 is 22.6 Å². The van der Waals surface area contributed by atoms with Crippen LogP contribution in [0.5, 0.6) is 0 Å². The zero-order chi connectivity index (χ0) is 10.8. The Balaban J connectivity index is 2.85. The molecule has 1 rings (SSSR count). The average molecular weight is 325 g/mol. The van der Waals surface area contributed by atoms with E-state index in [9.17, 15) is 8.42 Å². The van der Waals surface area contributed by atoms with E-state index in [1.807, 2.05) is 12.1 Å². The van der Waals surface area contributed by atoms with E-state index in [-0.39, 0.29) is 0 Å². The lowest BCUT2D eigenvalue weighted by molar-refractivity contribution is 0.593. The van der Waals surface area contributed by atoms with Crippen LogP contribution in [0.15, 0.2) is 24.3 Å². The minimum atomic E-state index is -3.22. The zero-order valence-corrected chi connectivity index (χ0v) is 11.0. The molecule has 1 aromatic rings. The Labute approximate surface area is 98.1 Å². The van der Waals surface area contributed by atoms with Crippen molar-refractivity contribution >= 4 is 38.3 Å². The van der Waals surface area contributed by atoms with Gasteiger partial charge in [-0.05, 0) is 60.7 Å². The van der Waals surface area contributed by atoms with E-state index in [4.69, 9.17) is 0 Å². The molecule has 0 saturated carbocycles. The fraction of sp³-hybridized carbons (Fsp3) is 0.333. The molecular formula is C9H12INO2S. The summed E-state index contributed by atoms with van der Waals surface area (Å²) >= 11 is 2.17. The Morgan fingerprint density at radius 3 is 2.14 bits per heavy atom. The summed E-state index contributed by atoms with van der Waals surface area (Å²) in [7, 11) is -3.22. The van der Waals surface area contributed by atoms with Crippen molar-refractivity contribution in [3.63, 3.8) is 0 Å². The average Bonchev–Trinajstić information content (AvgIpc) is 2.08. The molecule has 0 fully saturated rings. The molecule has 1 aromatic carbocycles. The van der Waals surface area contributed by atoms with Crippen molar-refractivity contribution in [1.29, 1.82) is 0 Å². The van der Waals surface area contributed by atoms with Gasteiger partial charge in [0.15, 0.2) is 0 Å². The second-order valence-corrected chi connectivity index (χ2v) is 6.69. The van der Waals surface area contributed by atoms with Crippen LogP contribution < -0.4 is 4.72 Å². The van der Waals surface area contributed by atoms with Crippen molar-refractivity contribution in [2.45, 2.75) is 19.1 Å². The molecule has 78 valence electrons. The predicted octanol–water partition coefficient (Wildman–Crippen LogP) is 2.44. The predicted molar refractivity (Wildman–Crippen MR) is 66.8 cm³/mol. The molecule has 0 bridgehead atoms. The molecule has 0 saturated heterocycles. The Morgan fingerprint density at radius 2 is 1.71 bits per heavy atom. The first-order chi connectivity index (χ1) is 6.42. The molecule has 0 unspecified atom stereocenters. The number of anilines is 1. The molecule has 0 aromatic heterocycles. The van der Waals surface area contributed by atoms with Gasteiger partial charge in [0.2, 0.25) is 10.0 Å². The second kappa shape index (κ2) is 4.48. The maximum Gasteiger partial charge on any atom is 0.235 e. The summed E-state index contributed by atoms with van der Waals surface area (Å²) in [5.74, 6) is 0. The standard InChI is InChI=1S/C9H12INO2S/c1-7(2)14(12,13)11-9-5-3-8(10)4-6-9/h3-7,11H,1-2H3. The van der Waals surface area contributed by atoms with Crippen molar-refractivity contribution < 1.29 is 8.42 Å². The second-order valence-electron chi connectivity index (χ2n) is 3.20. The van der Waals surface area contributed by atoms with Crippen molar-refractivity contribution in [1.82, 2.24) is 0 Å². The van der Waals surface area contributed by atoms with Crippen LogP contribution in [0, 0.1) is 3.57 Å². The summed E-state index contributed by atoms with van der Waals surface area (Å²) in [4.78, 5) is 0. The van der Waals surface area contributed by atoms with Gasteiger partial charge in [-0.1, -0.05) is 0 Å². The van der Waals surface area contributed by atoms with E-state index in [1.54, 1.807) is 26.0 Å². The monoisotopic (exact) mass is 325 g/mol. The largest absolute Gasteiger partial charge is 0.283 e. The highest BCUT2D eigenvalue weighted by Gasteiger charge is 2.14. The third-order valence-electron chi connectivity index (χ3n) is 1.72. The molecule has 3 nitrogen and oxygen atoms in total. The molecule has 0 heterocycles. The molecular weight excluding hydrogens is 313 g/mol. The maximum atomic E-state index is 11.5. The molecule has 5 heteroatoms. The molecule has 0 radical (unpaired) electrons. The van der Waals surface area contributed by atoms with Crippen LogP contribution in [-0.2, 0) is 10.0 Å². The van der Waals surface area contributed by atoms with E-state index in [0.29, 0.717) is 5.69 Å². The molecule has 0 aliphatic heterocycles. The van der Waals surface area contributed by atoms with Gasteiger partial charge in [0, 0.05) is 9.26 Å². The number of halogens is 1. The van der Waals surface area contributed by atoms with Crippen molar-refractivity contribution in [2.24, 2.45) is 0 Å². The topological polar surface area (TPSA) is 46.2 Å². The highest BCUT2D eigenvalue weighted by atomic mass is 127. The van der Waals surface area contributed by atoms with Gasteiger partial charge >= 0.3 is 0 Å². The first-order valence-electron chi connectivity index (χ1n) is 4.19. The SMILES string of the molecule is CC(C)S(=O)(=O)Nc1ccc(I)cc1. The van der Waals surface area contributed by atoms with Gasteiger partial charge in [0.25, 0.3) is 0 Å². The van der Waals surface area contributed by atoms with Gasteiger partial charge in [-0.3, -0.25) is 4.72 Å². The van der Waals surface area contributed by atoms with Gasteiger partial charge < -0.3 is 0 Å². The molecule has 0 spiro atoms. The van der Waals surface area contributed by atoms with E-state index >= 15 is 0 Å². The van der Waals surface area contributed by atoms with Crippen molar-refractivity contribution in [2.75, 3.05) is 4.72 Å². The molecule has 0 aliphatic carbocycles. The summed E-state index contributed by atoms with van der Waals surface area (Å²) in [5, 5.41) is -0.415. The summed E-state index contributed by atoms with van der Waals surface area (Å²) in [6.07, 6.45) is 0. The summed E-state index contributed by atoms with van der Waals surface area (Å²) in [6.45, 7) is 3.30. The smallest absolute Gasteiger partial charge is 0.235 e. The number of nitrogens with one attached hydrogen (secondary N) is 1. The van der Waals surface area contributed by atoms with Crippen molar-refractivity contribution in [3.05, 3.63) is 27.8 Å². The third kappa shape index (κ3) is 3.13. The lowest BCUT2D eigenvalue weighted by atomic mass is 10.3. The lowest BCUT2D eigenvalue weighted by Gasteiger charge is -2.10. The van der Waals surface area contributed by atoms with Crippen LogP contribution in [0.2, 0.25) is 0 Å². The molecule has 0 atom stereocenters. The summed E-state index contributed by atoms with van der Waals surface area (Å²) in [6, 6.07) is 7.22. The van der Waals surface area contributed by atoms with E-state index < -0.39 is 15.3 Å².